The maximum absolute atomic E-state index is 14.1. The second kappa shape index (κ2) is 10.7. The Hall–Kier alpha value is -4.04. The first-order valence-corrected chi connectivity index (χ1v) is 10.8. The lowest BCUT2D eigenvalue weighted by Crippen LogP contribution is -2.36. The third-order valence-electron chi connectivity index (χ3n) is 5.31. The Bertz CT molecular complexity index is 1140. The van der Waals surface area contributed by atoms with Crippen LogP contribution in [0.15, 0.2) is 78.4 Å². The molecule has 0 saturated carbocycles. The summed E-state index contributed by atoms with van der Waals surface area (Å²) in [5, 5.41) is 4.83. The minimum Gasteiger partial charge on any atom is -0.378 e. The molecule has 0 aliphatic carbocycles. The lowest BCUT2D eigenvalue weighted by Gasteiger charge is -2.28. The number of halogens is 2. The van der Waals surface area contributed by atoms with Gasteiger partial charge in [0.15, 0.2) is 0 Å². The third kappa shape index (κ3) is 5.65. The van der Waals surface area contributed by atoms with E-state index in [2.05, 4.69) is 15.5 Å². The molecule has 1 fully saturated rings. The van der Waals surface area contributed by atoms with Gasteiger partial charge in [0.1, 0.15) is 17.2 Å². The van der Waals surface area contributed by atoms with Crippen LogP contribution in [0.5, 0.6) is 0 Å². The van der Waals surface area contributed by atoms with E-state index >= 15 is 0 Å². The molecule has 1 aliphatic rings. The van der Waals surface area contributed by atoms with Crippen LogP contribution < -0.4 is 15.5 Å². The highest BCUT2D eigenvalue weighted by Crippen LogP contribution is 2.21. The first-order valence-electron chi connectivity index (χ1n) is 10.8. The summed E-state index contributed by atoms with van der Waals surface area (Å²) in [4.78, 5) is 28.1. The zero-order valence-corrected chi connectivity index (χ0v) is 18.3. The number of anilines is 3. The number of carbonyl (C=O) groups is 2. The van der Waals surface area contributed by atoms with Crippen molar-refractivity contribution in [2.45, 2.75) is 0 Å². The van der Waals surface area contributed by atoms with Crippen molar-refractivity contribution in [1.29, 1.82) is 0 Å². The highest BCUT2D eigenvalue weighted by molar-refractivity contribution is 6.28. The molecule has 0 radical (unpaired) electrons. The minimum absolute atomic E-state index is 0.0697. The maximum atomic E-state index is 14.1. The molecule has 2 amide bonds. The van der Waals surface area contributed by atoms with Crippen molar-refractivity contribution in [2.24, 2.45) is 0 Å². The topological polar surface area (TPSA) is 70.7 Å². The van der Waals surface area contributed by atoms with E-state index in [9.17, 15) is 18.4 Å². The van der Waals surface area contributed by atoms with Crippen LogP contribution in [0.25, 0.3) is 6.08 Å². The van der Waals surface area contributed by atoms with Crippen molar-refractivity contribution in [3.05, 3.63) is 95.6 Å². The van der Waals surface area contributed by atoms with Crippen molar-refractivity contribution in [2.75, 3.05) is 41.8 Å². The fourth-order valence-electron chi connectivity index (χ4n) is 3.51. The lowest BCUT2D eigenvalue weighted by atomic mass is 10.1. The first-order chi connectivity index (χ1) is 16.5. The molecular formula is C26H23F2N3O3. The van der Waals surface area contributed by atoms with Gasteiger partial charge in [0.2, 0.25) is 0 Å². The number of para-hydroxylation sites is 2. The molecule has 0 atom stereocenters. The zero-order chi connectivity index (χ0) is 23.9. The Labute approximate surface area is 195 Å². The standard InChI is InChI=1S/C26H23F2N3O3/c27-21-5-1-3-7-23(21)29-25(32)20(26(33)30-24-8-4-2-6-22(24)28)17-18-9-11-19(12-10-18)31-13-15-34-16-14-31/h1-12,17H,13-16H2,(H,29,32)(H,30,33). The monoisotopic (exact) mass is 463 g/mol. The van der Waals surface area contributed by atoms with Gasteiger partial charge in [-0.2, -0.15) is 0 Å². The lowest BCUT2D eigenvalue weighted by molar-refractivity contribution is -0.118. The SMILES string of the molecule is O=C(Nc1ccccc1F)C(=Cc1ccc(N2CCOCC2)cc1)C(=O)Nc1ccccc1F. The Morgan fingerprint density at radius 3 is 1.76 bits per heavy atom. The minimum atomic E-state index is -0.823. The molecule has 1 aliphatic heterocycles. The molecule has 0 aromatic heterocycles. The summed E-state index contributed by atoms with van der Waals surface area (Å²) in [6.07, 6.45) is 1.38. The predicted molar refractivity (Wildman–Crippen MR) is 128 cm³/mol. The summed E-state index contributed by atoms with van der Waals surface area (Å²) in [7, 11) is 0. The summed E-state index contributed by atoms with van der Waals surface area (Å²) >= 11 is 0. The number of hydrogen-bond donors (Lipinski definition) is 2. The van der Waals surface area contributed by atoms with Crippen LogP contribution in [0.2, 0.25) is 0 Å². The Morgan fingerprint density at radius 1 is 0.765 bits per heavy atom. The summed E-state index contributed by atoms with van der Waals surface area (Å²) in [5.41, 5.74) is 1.14. The summed E-state index contributed by atoms with van der Waals surface area (Å²) in [6.45, 7) is 2.85. The van der Waals surface area contributed by atoms with Gasteiger partial charge in [-0.1, -0.05) is 36.4 Å². The average molecular weight is 463 g/mol. The third-order valence-corrected chi connectivity index (χ3v) is 5.31. The van der Waals surface area contributed by atoms with E-state index in [1.165, 1.54) is 42.5 Å². The van der Waals surface area contributed by atoms with Gasteiger partial charge < -0.3 is 20.3 Å². The van der Waals surface area contributed by atoms with Crippen molar-refractivity contribution in [1.82, 2.24) is 0 Å². The number of morpholine rings is 1. The molecule has 0 unspecified atom stereocenters. The summed E-state index contributed by atoms with van der Waals surface area (Å²) in [6, 6.07) is 18.6. The van der Waals surface area contributed by atoms with E-state index in [0.29, 0.717) is 18.8 Å². The maximum Gasteiger partial charge on any atom is 0.261 e. The smallest absolute Gasteiger partial charge is 0.261 e. The number of nitrogens with one attached hydrogen (secondary N) is 2. The van der Waals surface area contributed by atoms with Gasteiger partial charge in [0.05, 0.1) is 24.6 Å². The zero-order valence-electron chi connectivity index (χ0n) is 18.3. The van der Waals surface area contributed by atoms with Gasteiger partial charge in [-0.3, -0.25) is 9.59 Å². The molecule has 3 aromatic rings. The largest absolute Gasteiger partial charge is 0.378 e. The molecule has 2 N–H and O–H groups in total. The fourth-order valence-corrected chi connectivity index (χ4v) is 3.51. The van der Waals surface area contributed by atoms with Crippen LogP contribution in [0.4, 0.5) is 25.8 Å². The quantitative estimate of drug-likeness (QED) is 0.322. The summed E-state index contributed by atoms with van der Waals surface area (Å²) in [5.74, 6) is -2.92. The van der Waals surface area contributed by atoms with Crippen molar-refractivity contribution in [3.63, 3.8) is 0 Å². The van der Waals surface area contributed by atoms with E-state index in [-0.39, 0.29) is 16.9 Å². The van der Waals surface area contributed by atoms with Gasteiger partial charge >= 0.3 is 0 Å². The number of amides is 2. The highest BCUT2D eigenvalue weighted by atomic mass is 19.1. The number of carbonyl (C=O) groups excluding carboxylic acids is 2. The molecule has 34 heavy (non-hydrogen) atoms. The Balaban J connectivity index is 1.61. The Morgan fingerprint density at radius 2 is 1.26 bits per heavy atom. The highest BCUT2D eigenvalue weighted by Gasteiger charge is 2.21. The first kappa shape index (κ1) is 23.1. The number of nitrogens with zero attached hydrogens (tertiary/aromatic N) is 1. The van der Waals surface area contributed by atoms with Crippen LogP contribution in [0.1, 0.15) is 5.56 Å². The van der Waals surface area contributed by atoms with Gasteiger partial charge in [-0.25, -0.2) is 8.78 Å². The summed E-state index contributed by atoms with van der Waals surface area (Å²) < 4.78 is 33.5. The van der Waals surface area contributed by atoms with Crippen LogP contribution in [-0.4, -0.2) is 38.1 Å². The molecule has 0 bridgehead atoms. The number of hydrogen-bond acceptors (Lipinski definition) is 4. The van der Waals surface area contributed by atoms with Crippen molar-refractivity contribution >= 4 is 35.0 Å². The molecule has 174 valence electrons. The van der Waals surface area contributed by atoms with Crippen molar-refractivity contribution in [3.8, 4) is 0 Å². The van der Waals surface area contributed by atoms with Gasteiger partial charge in [0.25, 0.3) is 11.8 Å². The molecule has 4 rings (SSSR count). The number of benzene rings is 3. The number of rotatable bonds is 6. The second-order valence-electron chi connectivity index (χ2n) is 7.62. The predicted octanol–water partition coefficient (Wildman–Crippen LogP) is 4.46. The van der Waals surface area contributed by atoms with Crippen LogP contribution >= 0.6 is 0 Å². The normalized spacial score (nSPS) is 13.2. The van der Waals surface area contributed by atoms with Crippen molar-refractivity contribution < 1.29 is 23.1 Å². The van der Waals surface area contributed by atoms with Gasteiger partial charge in [-0.15, -0.1) is 0 Å². The molecule has 8 heteroatoms. The molecule has 1 heterocycles. The molecule has 0 spiro atoms. The van der Waals surface area contributed by atoms with E-state index < -0.39 is 23.4 Å². The fraction of sp³-hybridized carbons (Fsp3) is 0.154. The molecule has 3 aromatic carbocycles. The van der Waals surface area contributed by atoms with Gasteiger partial charge in [0, 0.05) is 18.8 Å². The van der Waals surface area contributed by atoms with E-state index in [4.69, 9.17) is 4.74 Å². The average Bonchev–Trinajstić information content (AvgIpc) is 2.86. The Kier molecular flexibility index (Phi) is 7.29. The van der Waals surface area contributed by atoms with Crippen LogP contribution in [0.3, 0.4) is 0 Å². The molecule has 1 saturated heterocycles. The van der Waals surface area contributed by atoms with Crippen LogP contribution in [0, 0.1) is 11.6 Å². The van der Waals surface area contributed by atoms with E-state index in [1.807, 2.05) is 12.1 Å². The van der Waals surface area contributed by atoms with E-state index in [0.717, 1.165) is 18.8 Å². The molecule has 6 nitrogen and oxygen atoms in total. The molecular weight excluding hydrogens is 440 g/mol. The van der Waals surface area contributed by atoms with Crippen LogP contribution in [-0.2, 0) is 14.3 Å². The van der Waals surface area contributed by atoms with Gasteiger partial charge in [-0.05, 0) is 48.0 Å². The number of ether oxygens (including phenoxy) is 1. The second-order valence-corrected chi connectivity index (χ2v) is 7.62. The van der Waals surface area contributed by atoms with E-state index in [1.54, 1.807) is 24.3 Å².